The molecule has 1 spiro atoms. The van der Waals surface area contributed by atoms with Gasteiger partial charge >= 0.3 is 0 Å². The Morgan fingerprint density at radius 1 is 1.12 bits per heavy atom. The molecule has 130 valence electrons. The maximum atomic E-state index is 12.8. The van der Waals surface area contributed by atoms with E-state index in [1.807, 2.05) is 9.80 Å². The highest BCUT2D eigenvalue weighted by molar-refractivity contribution is 5.94. The molecule has 0 N–H and O–H groups in total. The van der Waals surface area contributed by atoms with Crippen LogP contribution in [0.3, 0.4) is 0 Å². The maximum absolute atomic E-state index is 12.8. The smallest absolute Gasteiger partial charge is 0.253 e. The van der Waals surface area contributed by atoms with Gasteiger partial charge in [0.2, 0.25) is 5.91 Å². The van der Waals surface area contributed by atoms with Gasteiger partial charge in [-0.15, -0.1) is 0 Å². The number of carbonyl (C=O) groups excluding carboxylic acids is 2. The van der Waals surface area contributed by atoms with Gasteiger partial charge in [-0.25, -0.2) is 0 Å². The summed E-state index contributed by atoms with van der Waals surface area (Å²) in [5.74, 6) is 0.797. The van der Waals surface area contributed by atoms with E-state index in [0.717, 1.165) is 25.1 Å². The van der Waals surface area contributed by atoms with Crippen molar-refractivity contribution in [1.82, 2.24) is 9.80 Å². The molecule has 6 nitrogen and oxygen atoms in total. The van der Waals surface area contributed by atoms with Gasteiger partial charge in [-0.1, -0.05) is 0 Å². The van der Waals surface area contributed by atoms with E-state index in [1.54, 1.807) is 38.3 Å². The van der Waals surface area contributed by atoms with Crippen molar-refractivity contribution in [2.75, 3.05) is 39.9 Å². The first-order valence-electron chi connectivity index (χ1n) is 8.36. The number of ether oxygens (including phenoxy) is 2. The van der Waals surface area contributed by atoms with Crippen LogP contribution < -0.4 is 4.74 Å². The zero-order valence-corrected chi connectivity index (χ0v) is 14.3. The summed E-state index contributed by atoms with van der Waals surface area (Å²) in [7, 11) is 1.60. The lowest BCUT2D eigenvalue weighted by Gasteiger charge is -2.47. The monoisotopic (exact) mass is 332 g/mol. The van der Waals surface area contributed by atoms with Crippen molar-refractivity contribution in [3.63, 3.8) is 0 Å². The Bertz CT molecular complexity index is 612. The molecule has 2 heterocycles. The van der Waals surface area contributed by atoms with Gasteiger partial charge in [0.1, 0.15) is 11.4 Å². The minimum atomic E-state index is -0.426. The summed E-state index contributed by atoms with van der Waals surface area (Å²) in [6.45, 7) is 4.56. The number of morpholine rings is 1. The molecule has 1 aromatic carbocycles. The molecule has 1 unspecified atom stereocenters. The predicted molar refractivity (Wildman–Crippen MR) is 89.1 cm³/mol. The third-order valence-corrected chi connectivity index (χ3v) is 4.86. The number of benzene rings is 1. The van der Waals surface area contributed by atoms with E-state index < -0.39 is 5.60 Å². The van der Waals surface area contributed by atoms with Crippen LogP contribution in [0.1, 0.15) is 30.1 Å². The number of hydrogen-bond acceptors (Lipinski definition) is 4. The van der Waals surface area contributed by atoms with E-state index in [-0.39, 0.29) is 11.8 Å². The lowest BCUT2D eigenvalue weighted by Crippen LogP contribution is -2.61. The van der Waals surface area contributed by atoms with Gasteiger partial charge in [-0.05, 0) is 37.1 Å². The van der Waals surface area contributed by atoms with Crippen LogP contribution in [0.15, 0.2) is 24.3 Å². The Morgan fingerprint density at radius 2 is 1.83 bits per heavy atom. The SMILES string of the molecule is COc1ccc(C(=O)N2CCCC3(CN(C(C)=O)CCO3)C2)cc1. The van der Waals surface area contributed by atoms with Gasteiger partial charge in [0.15, 0.2) is 0 Å². The van der Waals surface area contributed by atoms with E-state index in [1.165, 1.54) is 0 Å². The number of amides is 2. The normalized spacial score (nSPS) is 24.1. The fraction of sp³-hybridized carbons (Fsp3) is 0.556. The van der Waals surface area contributed by atoms with Crippen molar-refractivity contribution in [1.29, 1.82) is 0 Å². The second kappa shape index (κ2) is 6.81. The summed E-state index contributed by atoms with van der Waals surface area (Å²) in [5.41, 5.74) is 0.219. The number of rotatable bonds is 2. The molecule has 0 bridgehead atoms. The van der Waals surface area contributed by atoms with Crippen LogP contribution in [-0.2, 0) is 9.53 Å². The third kappa shape index (κ3) is 3.38. The highest BCUT2D eigenvalue weighted by Gasteiger charge is 2.42. The summed E-state index contributed by atoms with van der Waals surface area (Å²) in [5, 5.41) is 0. The molecular weight excluding hydrogens is 308 g/mol. The third-order valence-electron chi connectivity index (χ3n) is 4.86. The number of nitrogens with zero attached hydrogens (tertiary/aromatic N) is 2. The number of piperidine rings is 1. The molecule has 2 fully saturated rings. The number of hydrogen-bond donors (Lipinski definition) is 0. The average Bonchev–Trinajstić information content (AvgIpc) is 2.61. The van der Waals surface area contributed by atoms with Gasteiger partial charge in [0.05, 0.1) is 26.8 Å². The highest BCUT2D eigenvalue weighted by atomic mass is 16.5. The first kappa shape index (κ1) is 16.8. The minimum Gasteiger partial charge on any atom is -0.497 e. The summed E-state index contributed by atoms with van der Waals surface area (Å²) in [6.07, 6.45) is 1.76. The molecular formula is C18H24N2O4. The second-order valence-corrected chi connectivity index (χ2v) is 6.53. The van der Waals surface area contributed by atoms with E-state index in [9.17, 15) is 9.59 Å². The van der Waals surface area contributed by atoms with Crippen molar-refractivity contribution >= 4 is 11.8 Å². The number of methoxy groups -OCH3 is 1. The summed E-state index contributed by atoms with van der Waals surface area (Å²) in [6, 6.07) is 7.15. The quantitative estimate of drug-likeness (QED) is 0.824. The van der Waals surface area contributed by atoms with Gasteiger partial charge < -0.3 is 19.3 Å². The van der Waals surface area contributed by atoms with Gasteiger partial charge in [-0.3, -0.25) is 9.59 Å². The molecule has 0 aliphatic carbocycles. The van der Waals surface area contributed by atoms with Crippen LogP contribution in [-0.4, -0.2) is 67.1 Å². The Balaban J connectivity index is 1.72. The molecule has 3 rings (SSSR count). The van der Waals surface area contributed by atoms with E-state index >= 15 is 0 Å². The minimum absolute atomic E-state index is 0.000256. The van der Waals surface area contributed by atoms with Gasteiger partial charge in [0, 0.05) is 25.6 Å². The largest absolute Gasteiger partial charge is 0.497 e. The maximum Gasteiger partial charge on any atom is 0.253 e. The first-order chi connectivity index (χ1) is 11.5. The molecule has 2 amide bonds. The molecule has 2 saturated heterocycles. The van der Waals surface area contributed by atoms with Gasteiger partial charge in [-0.2, -0.15) is 0 Å². The highest BCUT2D eigenvalue weighted by Crippen LogP contribution is 2.30. The molecule has 6 heteroatoms. The zero-order valence-electron chi connectivity index (χ0n) is 14.3. The molecule has 0 saturated carbocycles. The molecule has 1 atom stereocenters. The Labute approximate surface area is 142 Å². The van der Waals surface area contributed by atoms with E-state index in [0.29, 0.717) is 31.8 Å². The van der Waals surface area contributed by atoms with Crippen LogP contribution in [0, 0.1) is 0 Å². The topological polar surface area (TPSA) is 59.1 Å². The molecule has 24 heavy (non-hydrogen) atoms. The number of likely N-dealkylation sites (tertiary alicyclic amines) is 1. The Hall–Kier alpha value is -2.08. The molecule has 1 aromatic rings. The van der Waals surface area contributed by atoms with Crippen molar-refractivity contribution < 1.29 is 19.1 Å². The Morgan fingerprint density at radius 3 is 2.50 bits per heavy atom. The molecule has 2 aliphatic rings. The molecule has 0 aromatic heterocycles. The second-order valence-electron chi connectivity index (χ2n) is 6.53. The van der Waals surface area contributed by atoms with Crippen LogP contribution in [0.25, 0.3) is 0 Å². The predicted octanol–water partition coefficient (Wildman–Crippen LogP) is 1.55. The van der Waals surface area contributed by atoms with Gasteiger partial charge in [0.25, 0.3) is 5.91 Å². The van der Waals surface area contributed by atoms with Crippen molar-refractivity contribution in [2.24, 2.45) is 0 Å². The van der Waals surface area contributed by atoms with E-state index in [2.05, 4.69) is 0 Å². The van der Waals surface area contributed by atoms with Crippen molar-refractivity contribution in [2.45, 2.75) is 25.4 Å². The van der Waals surface area contributed by atoms with Crippen LogP contribution in [0.4, 0.5) is 0 Å². The molecule has 0 radical (unpaired) electrons. The van der Waals surface area contributed by atoms with Crippen molar-refractivity contribution in [3.8, 4) is 5.75 Å². The fourth-order valence-electron chi connectivity index (χ4n) is 3.55. The van der Waals surface area contributed by atoms with E-state index in [4.69, 9.17) is 9.47 Å². The standard InChI is InChI=1S/C18H24N2O4/c1-14(21)19-10-11-24-18(12-19)8-3-9-20(13-18)17(22)15-4-6-16(23-2)7-5-15/h4-7H,3,8-13H2,1-2H3. The Kier molecular flexibility index (Phi) is 4.76. The van der Waals surface area contributed by atoms with Crippen LogP contribution >= 0.6 is 0 Å². The lowest BCUT2D eigenvalue weighted by atomic mass is 9.90. The zero-order chi connectivity index (χ0) is 17.2. The lowest BCUT2D eigenvalue weighted by molar-refractivity contribution is -0.157. The summed E-state index contributed by atoms with van der Waals surface area (Å²) >= 11 is 0. The van der Waals surface area contributed by atoms with Crippen LogP contribution in [0.2, 0.25) is 0 Å². The van der Waals surface area contributed by atoms with Crippen molar-refractivity contribution in [3.05, 3.63) is 29.8 Å². The fourth-order valence-corrected chi connectivity index (χ4v) is 3.55. The average molecular weight is 332 g/mol. The number of carbonyl (C=O) groups is 2. The van der Waals surface area contributed by atoms with Crippen LogP contribution in [0.5, 0.6) is 5.75 Å². The summed E-state index contributed by atoms with van der Waals surface area (Å²) in [4.78, 5) is 28.2. The molecule has 2 aliphatic heterocycles. The summed E-state index contributed by atoms with van der Waals surface area (Å²) < 4.78 is 11.2. The first-order valence-corrected chi connectivity index (χ1v) is 8.36.